The van der Waals surface area contributed by atoms with Crippen molar-refractivity contribution in [2.24, 2.45) is 7.05 Å². The number of halogens is 1. The van der Waals surface area contributed by atoms with Crippen molar-refractivity contribution >= 4 is 45.7 Å². The van der Waals surface area contributed by atoms with E-state index in [1.54, 1.807) is 12.3 Å². The van der Waals surface area contributed by atoms with Crippen LogP contribution in [-0.4, -0.2) is 30.9 Å². The normalized spacial score (nSPS) is 16.7. The fraction of sp³-hybridized carbons (Fsp3) is 0.222. The number of ether oxygens (including phenoxy) is 1. The number of hydrogen-bond acceptors (Lipinski definition) is 6. The molecule has 1 atom stereocenters. The third-order valence-electron chi connectivity index (χ3n) is 4.25. The monoisotopic (exact) mass is 402 g/mol. The van der Waals surface area contributed by atoms with E-state index in [-0.39, 0.29) is 16.4 Å². The molecule has 1 saturated heterocycles. The number of rotatable bonds is 5. The smallest absolute Gasteiger partial charge is 0.286 e. The summed E-state index contributed by atoms with van der Waals surface area (Å²) in [6, 6.07) is 9.23. The molecule has 27 heavy (non-hydrogen) atoms. The van der Waals surface area contributed by atoms with Gasteiger partial charge in [0.1, 0.15) is 23.7 Å². The third-order valence-corrected chi connectivity index (χ3v) is 5.44. The second-order valence-electron chi connectivity index (χ2n) is 6.10. The average Bonchev–Trinajstić information content (AvgIpc) is 3.12. The molecule has 2 aromatic heterocycles. The van der Waals surface area contributed by atoms with Gasteiger partial charge in [0.05, 0.1) is 10.3 Å². The Morgan fingerprint density at radius 1 is 1.30 bits per heavy atom. The largest absolute Gasteiger partial charge is 0.486 e. The van der Waals surface area contributed by atoms with Crippen molar-refractivity contribution in [2.45, 2.75) is 18.3 Å². The Morgan fingerprint density at radius 3 is 2.78 bits per heavy atom. The van der Waals surface area contributed by atoms with Gasteiger partial charge in [-0.15, -0.1) is 0 Å². The quantitative estimate of drug-likeness (QED) is 0.705. The lowest BCUT2D eigenvalue weighted by atomic mass is 10.1. The number of aryl methyl sites for hydroxylation is 1. The van der Waals surface area contributed by atoms with Gasteiger partial charge in [0.15, 0.2) is 5.65 Å². The number of hydrogen-bond donors (Lipinski definition) is 1. The number of imide groups is 1. The molecular formula is C18H15ClN4O3S. The topological polar surface area (TPSA) is 86.1 Å². The zero-order valence-corrected chi connectivity index (χ0v) is 15.9. The summed E-state index contributed by atoms with van der Waals surface area (Å²) in [5.74, 6) is 1.19. The van der Waals surface area contributed by atoms with Gasteiger partial charge in [-0.2, -0.15) is 0 Å². The van der Waals surface area contributed by atoms with Crippen LogP contribution in [0.4, 0.5) is 4.79 Å². The second-order valence-corrected chi connectivity index (χ2v) is 7.72. The van der Waals surface area contributed by atoms with E-state index in [4.69, 9.17) is 16.3 Å². The first-order valence-electron chi connectivity index (χ1n) is 8.19. The maximum Gasteiger partial charge on any atom is 0.286 e. The number of pyridine rings is 1. The van der Waals surface area contributed by atoms with Gasteiger partial charge in [-0.25, -0.2) is 9.97 Å². The number of amides is 2. The molecule has 4 rings (SSSR count). The molecule has 3 heterocycles. The fourth-order valence-corrected chi connectivity index (χ4v) is 3.85. The van der Waals surface area contributed by atoms with E-state index in [0.717, 1.165) is 34.3 Å². The summed E-state index contributed by atoms with van der Waals surface area (Å²) < 4.78 is 7.68. The molecule has 1 fully saturated rings. The Bertz CT molecular complexity index is 1040. The molecule has 1 N–H and O–H groups in total. The van der Waals surface area contributed by atoms with Crippen molar-refractivity contribution in [2.75, 3.05) is 0 Å². The molecule has 2 amide bonds. The zero-order valence-electron chi connectivity index (χ0n) is 14.3. The van der Waals surface area contributed by atoms with Crippen LogP contribution in [0.15, 0.2) is 36.5 Å². The van der Waals surface area contributed by atoms with E-state index in [0.29, 0.717) is 23.8 Å². The van der Waals surface area contributed by atoms with Crippen LogP contribution >= 0.6 is 23.4 Å². The molecule has 1 aliphatic heterocycles. The first-order valence-corrected chi connectivity index (χ1v) is 9.45. The van der Waals surface area contributed by atoms with Crippen LogP contribution in [0.2, 0.25) is 5.02 Å². The Labute approximate surface area is 164 Å². The Kier molecular flexibility index (Phi) is 4.75. The number of thioether (sulfide) groups is 1. The summed E-state index contributed by atoms with van der Waals surface area (Å²) in [5.41, 5.74) is 2.43. The predicted molar refractivity (Wildman–Crippen MR) is 103 cm³/mol. The summed E-state index contributed by atoms with van der Waals surface area (Å²) in [5, 5.41) is 2.18. The molecule has 1 aliphatic rings. The predicted octanol–water partition coefficient (Wildman–Crippen LogP) is 3.09. The molecular weight excluding hydrogens is 388 g/mol. The van der Waals surface area contributed by atoms with Crippen molar-refractivity contribution in [3.63, 3.8) is 0 Å². The minimum absolute atomic E-state index is 0.235. The molecule has 0 bridgehead atoms. The van der Waals surface area contributed by atoms with Crippen molar-refractivity contribution in [3.8, 4) is 5.75 Å². The van der Waals surface area contributed by atoms with Gasteiger partial charge in [-0.05, 0) is 30.2 Å². The summed E-state index contributed by atoms with van der Waals surface area (Å²) >= 11 is 6.99. The van der Waals surface area contributed by atoms with Gasteiger partial charge in [0.2, 0.25) is 5.91 Å². The summed E-state index contributed by atoms with van der Waals surface area (Å²) in [6.07, 6.45) is 2.09. The highest BCUT2D eigenvalue weighted by atomic mass is 35.5. The number of fused-ring (bicyclic) bond motifs is 1. The van der Waals surface area contributed by atoms with Gasteiger partial charge < -0.3 is 9.30 Å². The van der Waals surface area contributed by atoms with Crippen molar-refractivity contribution in [1.82, 2.24) is 19.9 Å². The van der Waals surface area contributed by atoms with Crippen LogP contribution in [0.5, 0.6) is 5.75 Å². The molecule has 7 nitrogen and oxygen atoms in total. The molecule has 1 aromatic carbocycles. The molecule has 0 radical (unpaired) electrons. The maximum absolute atomic E-state index is 11.6. The minimum atomic E-state index is -0.372. The van der Waals surface area contributed by atoms with Gasteiger partial charge in [-0.3, -0.25) is 14.9 Å². The number of aromatic nitrogens is 3. The zero-order chi connectivity index (χ0) is 19.0. The van der Waals surface area contributed by atoms with Crippen LogP contribution < -0.4 is 10.1 Å². The molecule has 138 valence electrons. The van der Waals surface area contributed by atoms with Crippen LogP contribution in [0.1, 0.15) is 11.4 Å². The Morgan fingerprint density at radius 2 is 2.07 bits per heavy atom. The SMILES string of the molecule is Cn1c(COc2ccc(CC3SC(=O)NC3=O)cc2)nc2cc(Cl)cnc21. The van der Waals surface area contributed by atoms with E-state index in [1.165, 1.54) is 0 Å². The molecule has 0 spiro atoms. The standard InChI is InChI=1S/C18H15ClN4O3S/c1-23-15(21-13-7-11(19)8-20-16(13)23)9-26-12-4-2-10(3-5-12)6-14-17(24)22-18(25)27-14/h2-5,7-8,14H,6,9H2,1H3,(H,22,24,25). The first-order chi connectivity index (χ1) is 13.0. The van der Waals surface area contributed by atoms with Gasteiger partial charge in [-0.1, -0.05) is 35.5 Å². The Balaban J connectivity index is 1.41. The van der Waals surface area contributed by atoms with Crippen LogP contribution in [-0.2, 0) is 24.9 Å². The summed E-state index contributed by atoms with van der Waals surface area (Å²) in [7, 11) is 1.88. The minimum Gasteiger partial charge on any atom is -0.486 e. The van der Waals surface area contributed by atoms with Crippen LogP contribution in [0, 0.1) is 0 Å². The summed E-state index contributed by atoms with van der Waals surface area (Å²) in [6.45, 7) is 0.291. The van der Waals surface area contributed by atoms with Gasteiger partial charge in [0.25, 0.3) is 5.24 Å². The molecule has 0 saturated carbocycles. The molecule has 9 heteroatoms. The van der Waals surface area contributed by atoms with E-state index >= 15 is 0 Å². The van der Waals surface area contributed by atoms with E-state index < -0.39 is 0 Å². The average molecular weight is 403 g/mol. The fourth-order valence-electron chi connectivity index (χ4n) is 2.84. The van der Waals surface area contributed by atoms with Crippen LogP contribution in [0.25, 0.3) is 11.2 Å². The molecule has 0 aliphatic carbocycles. The molecule has 3 aromatic rings. The lowest BCUT2D eigenvalue weighted by Gasteiger charge is -2.08. The lowest BCUT2D eigenvalue weighted by Crippen LogP contribution is -2.25. The Hall–Kier alpha value is -2.58. The van der Waals surface area contributed by atoms with E-state index in [1.807, 2.05) is 35.9 Å². The number of carbonyl (C=O) groups is 2. The number of nitrogens with one attached hydrogen (secondary N) is 1. The lowest BCUT2D eigenvalue weighted by molar-refractivity contribution is -0.118. The highest BCUT2D eigenvalue weighted by Gasteiger charge is 2.31. The third kappa shape index (κ3) is 3.77. The highest BCUT2D eigenvalue weighted by molar-refractivity contribution is 8.15. The summed E-state index contributed by atoms with van der Waals surface area (Å²) in [4.78, 5) is 31.7. The maximum atomic E-state index is 11.6. The first kappa shape index (κ1) is 17.8. The van der Waals surface area contributed by atoms with Crippen LogP contribution in [0.3, 0.4) is 0 Å². The van der Waals surface area contributed by atoms with Gasteiger partial charge >= 0.3 is 0 Å². The number of benzene rings is 1. The van der Waals surface area contributed by atoms with Crippen molar-refractivity contribution in [1.29, 1.82) is 0 Å². The number of imidazole rings is 1. The second kappa shape index (κ2) is 7.21. The van der Waals surface area contributed by atoms with E-state index in [9.17, 15) is 9.59 Å². The molecule has 1 unspecified atom stereocenters. The number of carbonyl (C=O) groups excluding carboxylic acids is 2. The van der Waals surface area contributed by atoms with Gasteiger partial charge in [0, 0.05) is 13.2 Å². The van der Waals surface area contributed by atoms with E-state index in [2.05, 4.69) is 15.3 Å². The van der Waals surface area contributed by atoms with Crippen molar-refractivity contribution in [3.05, 3.63) is 52.9 Å². The van der Waals surface area contributed by atoms with Crippen molar-refractivity contribution < 1.29 is 14.3 Å². The highest BCUT2D eigenvalue weighted by Crippen LogP contribution is 2.24. The number of nitrogens with zero attached hydrogens (tertiary/aromatic N) is 3.